The normalized spacial score (nSPS) is 11.8. The van der Waals surface area contributed by atoms with Crippen LogP contribution in [-0.4, -0.2) is 25.2 Å². The minimum atomic E-state index is -0.835. The summed E-state index contributed by atoms with van der Waals surface area (Å²) in [6.45, 7) is 7.82. The predicted octanol–water partition coefficient (Wildman–Crippen LogP) is 9.23. The van der Waals surface area contributed by atoms with Crippen molar-refractivity contribution >= 4 is 6.21 Å². The SMILES string of the molecule is CCCCCCCCCCCCOC(C)(C=N)OCCCCCCCCCCCC. The van der Waals surface area contributed by atoms with Crippen molar-refractivity contribution in [1.82, 2.24) is 0 Å². The molecule has 0 saturated heterocycles. The van der Waals surface area contributed by atoms with Crippen molar-refractivity contribution in [2.75, 3.05) is 13.2 Å². The van der Waals surface area contributed by atoms with Crippen LogP contribution >= 0.6 is 0 Å². The molecule has 3 heteroatoms. The second-order valence-corrected chi connectivity index (χ2v) is 9.22. The van der Waals surface area contributed by atoms with E-state index in [1.165, 1.54) is 122 Å². The molecule has 30 heavy (non-hydrogen) atoms. The van der Waals surface area contributed by atoms with Gasteiger partial charge in [0, 0.05) is 0 Å². The smallest absolute Gasteiger partial charge is 0.201 e. The first-order chi connectivity index (χ1) is 14.7. The molecule has 3 nitrogen and oxygen atoms in total. The van der Waals surface area contributed by atoms with Crippen molar-refractivity contribution in [3.8, 4) is 0 Å². The van der Waals surface area contributed by atoms with E-state index >= 15 is 0 Å². The molecule has 180 valence electrons. The second kappa shape index (κ2) is 23.3. The molecule has 0 aliphatic heterocycles. The Bertz CT molecular complexity index is 320. The van der Waals surface area contributed by atoms with Crippen molar-refractivity contribution in [3.05, 3.63) is 0 Å². The fraction of sp³-hybridized carbons (Fsp3) is 0.963. The number of hydrogen-bond donors (Lipinski definition) is 1. The van der Waals surface area contributed by atoms with Gasteiger partial charge < -0.3 is 14.9 Å². The molecule has 0 aliphatic rings. The lowest BCUT2D eigenvalue weighted by Gasteiger charge is -2.25. The average Bonchev–Trinajstić information content (AvgIpc) is 2.76. The van der Waals surface area contributed by atoms with Crippen LogP contribution in [0.15, 0.2) is 0 Å². The molecule has 0 heterocycles. The van der Waals surface area contributed by atoms with Crippen LogP contribution in [-0.2, 0) is 9.47 Å². The van der Waals surface area contributed by atoms with E-state index in [9.17, 15) is 0 Å². The van der Waals surface area contributed by atoms with Crippen molar-refractivity contribution in [1.29, 1.82) is 5.41 Å². The summed E-state index contributed by atoms with van der Waals surface area (Å²) < 4.78 is 11.8. The molecule has 0 aliphatic carbocycles. The summed E-state index contributed by atoms with van der Waals surface area (Å²) >= 11 is 0. The van der Waals surface area contributed by atoms with E-state index in [1.807, 2.05) is 6.92 Å². The maximum Gasteiger partial charge on any atom is 0.201 e. The Hall–Kier alpha value is -0.410. The van der Waals surface area contributed by atoms with Gasteiger partial charge in [0.15, 0.2) is 0 Å². The van der Waals surface area contributed by atoms with E-state index in [-0.39, 0.29) is 0 Å². The quantitative estimate of drug-likeness (QED) is 0.0899. The highest BCUT2D eigenvalue weighted by molar-refractivity contribution is 5.62. The zero-order chi connectivity index (χ0) is 22.2. The lowest BCUT2D eigenvalue weighted by atomic mass is 10.1. The summed E-state index contributed by atoms with van der Waals surface area (Å²) in [6, 6.07) is 0. The lowest BCUT2D eigenvalue weighted by molar-refractivity contribution is -0.175. The number of rotatable bonds is 25. The van der Waals surface area contributed by atoms with E-state index in [4.69, 9.17) is 14.9 Å². The highest BCUT2D eigenvalue weighted by atomic mass is 16.7. The van der Waals surface area contributed by atoms with Gasteiger partial charge in [-0.3, -0.25) is 0 Å². The summed E-state index contributed by atoms with van der Waals surface area (Å²) in [7, 11) is 0. The molecule has 0 radical (unpaired) electrons. The van der Waals surface area contributed by atoms with Crippen LogP contribution in [0.1, 0.15) is 149 Å². The van der Waals surface area contributed by atoms with Gasteiger partial charge in [-0.05, 0) is 19.8 Å². The van der Waals surface area contributed by atoms with Crippen LogP contribution in [0.25, 0.3) is 0 Å². The summed E-state index contributed by atoms with van der Waals surface area (Å²) in [4.78, 5) is 0. The Labute approximate surface area is 189 Å². The molecule has 0 amide bonds. The molecule has 0 aromatic heterocycles. The van der Waals surface area contributed by atoms with Gasteiger partial charge in [-0.25, -0.2) is 0 Å². The van der Waals surface area contributed by atoms with Crippen LogP contribution in [0, 0.1) is 5.41 Å². The molecule has 0 aromatic carbocycles. The van der Waals surface area contributed by atoms with Gasteiger partial charge >= 0.3 is 0 Å². The van der Waals surface area contributed by atoms with Crippen LogP contribution in [0.3, 0.4) is 0 Å². The predicted molar refractivity (Wildman–Crippen MR) is 133 cm³/mol. The number of unbranched alkanes of at least 4 members (excludes halogenated alkanes) is 18. The molecule has 0 aromatic rings. The van der Waals surface area contributed by atoms with Gasteiger partial charge in [0.25, 0.3) is 0 Å². The third-order valence-corrected chi connectivity index (χ3v) is 6.04. The molecule has 0 rings (SSSR count). The Kier molecular flexibility index (Phi) is 22.9. The summed E-state index contributed by atoms with van der Waals surface area (Å²) in [6.07, 6.45) is 27.9. The molecule has 0 saturated carbocycles. The topological polar surface area (TPSA) is 42.3 Å². The Morgan fingerprint density at radius 3 is 1.03 bits per heavy atom. The summed E-state index contributed by atoms with van der Waals surface area (Å²) in [5.74, 6) is -0.835. The van der Waals surface area contributed by atoms with Gasteiger partial charge in [0.05, 0.1) is 19.4 Å². The van der Waals surface area contributed by atoms with E-state index in [0.29, 0.717) is 13.2 Å². The van der Waals surface area contributed by atoms with E-state index < -0.39 is 5.79 Å². The van der Waals surface area contributed by atoms with Gasteiger partial charge in [-0.1, -0.05) is 129 Å². The van der Waals surface area contributed by atoms with Crippen molar-refractivity contribution in [3.63, 3.8) is 0 Å². The zero-order valence-electron chi connectivity index (χ0n) is 21.0. The Morgan fingerprint density at radius 2 is 0.767 bits per heavy atom. The number of nitrogens with one attached hydrogen (secondary N) is 1. The summed E-state index contributed by atoms with van der Waals surface area (Å²) in [5, 5.41) is 7.66. The van der Waals surface area contributed by atoms with Gasteiger partial charge in [-0.15, -0.1) is 0 Å². The summed E-state index contributed by atoms with van der Waals surface area (Å²) in [5.41, 5.74) is 0. The highest BCUT2D eigenvalue weighted by Gasteiger charge is 2.22. The van der Waals surface area contributed by atoms with E-state index in [1.54, 1.807) is 0 Å². The van der Waals surface area contributed by atoms with E-state index in [2.05, 4.69) is 13.8 Å². The molecular weight excluding hydrogens is 370 g/mol. The first-order valence-corrected chi connectivity index (χ1v) is 13.5. The minimum Gasteiger partial charge on any atom is -0.345 e. The van der Waals surface area contributed by atoms with Crippen LogP contribution in [0.5, 0.6) is 0 Å². The third kappa shape index (κ3) is 20.8. The molecular formula is C27H55NO2. The van der Waals surface area contributed by atoms with Gasteiger partial charge in [0.2, 0.25) is 5.79 Å². The molecule has 0 unspecified atom stereocenters. The first-order valence-electron chi connectivity index (χ1n) is 13.5. The average molecular weight is 426 g/mol. The van der Waals surface area contributed by atoms with Gasteiger partial charge in [-0.2, -0.15) is 0 Å². The Morgan fingerprint density at radius 1 is 0.500 bits per heavy atom. The van der Waals surface area contributed by atoms with E-state index in [0.717, 1.165) is 12.8 Å². The van der Waals surface area contributed by atoms with Crippen LogP contribution in [0.2, 0.25) is 0 Å². The lowest BCUT2D eigenvalue weighted by Crippen LogP contribution is -2.34. The van der Waals surface area contributed by atoms with Crippen molar-refractivity contribution < 1.29 is 9.47 Å². The maximum atomic E-state index is 7.66. The van der Waals surface area contributed by atoms with Gasteiger partial charge in [0.1, 0.15) is 0 Å². The fourth-order valence-electron chi connectivity index (χ4n) is 3.85. The minimum absolute atomic E-state index is 0.695. The molecule has 1 N–H and O–H groups in total. The van der Waals surface area contributed by atoms with Crippen molar-refractivity contribution in [2.45, 2.75) is 155 Å². The monoisotopic (exact) mass is 425 g/mol. The molecule has 0 fully saturated rings. The zero-order valence-corrected chi connectivity index (χ0v) is 21.0. The molecule has 0 spiro atoms. The standard InChI is InChI=1S/C27H55NO2/c1-4-6-8-10-12-14-16-18-20-22-24-29-27(3,26-28)30-25-23-21-19-17-15-13-11-9-7-5-2/h26,28H,4-25H2,1-3H3. The number of ether oxygens (including phenoxy) is 2. The molecule has 0 bridgehead atoms. The number of hydrogen-bond acceptors (Lipinski definition) is 3. The Balaban J connectivity index is 3.46. The highest BCUT2D eigenvalue weighted by Crippen LogP contribution is 2.15. The third-order valence-electron chi connectivity index (χ3n) is 6.04. The first kappa shape index (κ1) is 29.6. The van der Waals surface area contributed by atoms with Crippen molar-refractivity contribution in [2.24, 2.45) is 0 Å². The maximum absolute atomic E-state index is 7.66. The van der Waals surface area contributed by atoms with Crippen LogP contribution < -0.4 is 0 Å². The fourth-order valence-corrected chi connectivity index (χ4v) is 3.85. The second-order valence-electron chi connectivity index (χ2n) is 9.22. The largest absolute Gasteiger partial charge is 0.345 e. The van der Waals surface area contributed by atoms with Crippen LogP contribution in [0.4, 0.5) is 0 Å². The molecule has 0 atom stereocenters.